The van der Waals surface area contributed by atoms with E-state index >= 15 is 0 Å². The van der Waals surface area contributed by atoms with Crippen molar-refractivity contribution in [3.05, 3.63) is 29.3 Å². The molecule has 1 N–H and O–H groups in total. The van der Waals surface area contributed by atoms with Crippen molar-refractivity contribution in [2.45, 2.75) is 19.8 Å². The third-order valence-electron chi connectivity index (χ3n) is 1.98. The van der Waals surface area contributed by atoms with E-state index in [1.807, 2.05) is 6.07 Å². The standard InChI is InChI=1S/C11H11NO2/c1-8-7-9(4-5-10(8)13)11(14)3-2-6-12/h4-5,7,13H,2-3H2,1H3. The van der Waals surface area contributed by atoms with Gasteiger partial charge < -0.3 is 5.11 Å². The second-order valence-corrected chi connectivity index (χ2v) is 3.08. The van der Waals surface area contributed by atoms with Crippen molar-refractivity contribution in [1.82, 2.24) is 0 Å². The van der Waals surface area contributed by atoms with Gasteiger partial charge in [0.1, 0.15) is 5.75 Å². The molecule has 0 fully saturated rings. The fourth-order valence-electron chi connectivity index (χ4n) is 1.14. The highest BCUT2D eigenvalue weighted by molar-refractivity contribution is 5.96. The van der Waals surface area contributed by atoms with Gasteiger partial charge in [-0.1, -0.05) is 0 Å². The van der Waals surface area contributed by atoms with E-state index < -0.39 is 0 Å². The Bertz CT molecular complexity index is 391. The SMILES string of the molecule is Cc1cc(C(=O)CCC#N)ccc1O. The van der Waals surface area contributed by atoms with Crippen LogP contribution in [0.15, 0.2) is 18.2 Å². The molecule has 0 aliphatic heterocycles. The first-order valence-corrected chi connectivity index (χ1v) is 4.35. The first kappa shape index (κ1) is 10.3. The largest absolute Gasteiger partial charge is 0.508 e. The molecule has 72 valence electrons. The van der Waals surface area contributed by atoms with E-state index in [9.17, 15) is 9.90 Å². The first-order chi connectivity index (χ1) is 6.65. The highest BCUT2D eigenvalue weighted by atomic mass is 16.3. The molecule has 0 heterocycles. The lowest BCUT2D eigenvalue weighted by Gasteiger charge is -2.01. The maximum absolute atomic E-state index is 11.4. The van der Waals surface area contributed by atoms with Gasteiger partial charge in [0.15, 0.2) is 5.78 Å². The molecular weight excluding hydrogens is 178 g/mol. The van der Waals surface area contributed by atoms with Crippen LogP contribution in [0.5, 0.6) is 5.75 Å². The van der Waals surface area contributed by atoms with Crippen LogP contribution in [-0.4, -0.2) is 10.9 Å². The zero-order valence-corrected chi connectivity index (χ0v) is 7.95. The van der Waals surface area contributed by atoms with Gasteiger partial charge in [0.2, 0.25) is 0 Å². The quantitative estimate of drug-likeness (QED) is 0.741. The zero-order valence-electron chi connectivity index (χ0n) is 7.95. The van der Waals surface area contributed by atoms with Gasteiger partial charge in [-0.15, -0.1) is 0 Å². The Labute approximate surface area is 82.6 Å². The van der Waals surface area contributed by atoms with E-state index in [4.69, 9.17) is 5.26 Å². The predicted molar refractivity (Wildman–Crippen MR) is 52.0 cm³/mol. The highest BCUT2D eigenvalue weighted by Crippen LogP contribution is 2.18. The Morgan fingerprint density at radius 2 is 2.29 bits per heavy atom. The number of Topliss-reactive ketones (excluding diaryl/α,β-unsaturated/α-hetero) is 1. The molecule has 14 heavy (non-hydrogen) atoms. The second kappa shape index (κ2) is 4.43. The van der Waals surface area contributed by atoms with E-state index in [0.29, 0.717) is 11.1 Å². The molecule has 1 aromatic carbocycles. The number of rotatable bonds is 3. The molecule has 0 amide bonds. The molecule has 0 aliphatic rings. The van der Waals surface area contributed by atoms with Crippen molar-refractivity contribution < 1.29 is 9.90 Å². The van der Waals surface area contributed by atoms with Crippen LogP contribution in [-0.2, 0) is 0 Å². The van der Waals surface area contributed by atoms with Gasteiger partial charge in [0.05, 0.1) is 6.07 Å². The average molecular weight is 189 g/mol. The molecule has 0 aliphatic carbocycles. The number of hydrogen-bond donors (Lipinski definition) is 1. The topological polar surface area (TPSA) is 61.1 Å². The first-order valence-electron chi connectivity index (χ1n) is 4.35. The number of phenolic OH excluding ortho intramolecular Hbond substituents is 1. The Kier molecular flexibility index (Phi) is 3.24. The van der Waals surface area contributed by atoms with E-state index in [-0.39, 0.29) is 24.4 Å². The summed E-state index contributed by atoms with van der Waals surface area (Å²) in [4.78, 5) is 11.4. The summed E-state index contributed by atoms with van der Waals surface area (Å²) in [6, 6.07) is 6.62. The summed E-state index contributed by atoms with van der Waals surface area (Å²) in [7, 11) is 0. The maximum Gasteiger partial charge on any atom is 0.163 e. The number of benzene rings is 1. The summed E-state index contributed by atoms with van der Waals surface area (Å²) in [5.74, 6) is 0.122. The maximum atomic E-state index is 11.4. The van der Waals surface area contributed by atoms with Crippen LogP contribution < -0.4 is 0 Å². The van der Waals surface area contributed by atoms with Crippen LogP contribution in [0.2, 0.25) is 0 Å². The molecule has 3 nitrogen and oxygen atoms in total. The summed E-state index contributed by atoms with van der Waals surface area (Å²) in [6.45, 7) is 1.73. The zero-order chi connectivity index (χ0) is 10.6. The summed E-state index contributed by atoms with van der Waals surface area (Å²) < 4.78 is 0. The van der Waals surface area contributed by atoms with Gasteiger partial charge in [-0.05, 0) is 30.7 Å². The fraction of sp³-hybridized carbons (Fsp3) is 0.273. The molecule has 0 radical (unpaired) electrons. The smallest absolute Gasteiger partial charge is 0.163 e. The van der Waals surface area contributed by atoms with Gasteiger partial charge in [-0.2, -0.15) is 5.26 Å². The van der Waals surface area contributed by atoms with Gasteiger partial charge in [0, 0.05) is 18.4 Å². The number of hydrogen-bond acceptors (Lipinski definition) is 3. The Hall–Kier alpha value is -1.82. The van der Waals surface area contributed by atoms with E-state index in [0.717, 1.165) is 0 Å². The monoisotopic (exact) mass is 189 g/mol. The molecule has 3 heteroatoms. The Morgan fingerprint density at radius 1 is 1.57 bits per heavy atom. The van der Waals surface area contributed by atoms with E-state index in [2.05, 4.69) is 0 Å². The molecule has 0 saturated carbocycles. The third kappa shape index (κ3) is 2.33. The second-order valence-electron chi connectivity index (χ2n) is 3.08. The molecule has 0 bridgehead atoms. The van der Waals surface area contributed by atoms with Gasteiger partial charge >= 0.3 is 0 Å². The minimum atomic E-state index is -0.0605. The number of carbonyl (C=O) groups excluding carboxylic acids is 1. The van der Waals surface area contributed by atoms with Crippen molar-refractivity contribution in [3.8, 4) is 11.8 Å². The van der Waals surface area contributed by atoms with Crippen LogP contribution in [0.25, 0.3) is 0 Å². The fourth-order valence-corrected chi connectivity index (χ4v) is 1.14. The van der Waals surface area contributed by atoms with Crippen LogP contribution in [0.1, 0.15) is 28.8 Å². The van der Waals surface area contributed by atoms with Crippen molar-refractivity contribution in [2.24, 2.45) is 0 Å². The van der Waals surface area contributed by atoms with Crippen molar-refractivity contribution in [3.63, 3.8) is 0 Å². The van der Waals surface area contributed by atoms with Crippen LogP contribution in [0, 0.1) is 18.3 Å². The molecule has 0 unspecified atom stereocenters. The minimum absolute atomic E-state index is 0.0605. The normalized spacial score (nSPS) is 9.43. The third-order valence-corrected chi connectivity index (χ3v) is 1.98. The average Bonchev–Trinajstić information content (AvgIpc) is 2.18. The lowest BCUT2D eigenvalue weighted by atomic mass is 10.0. The highest BCUT2D eigenvalue weighted by Gasteiger charge is 2.06. The van der Waals surface area contributed by atoms with Gasteiger partial charge in [-0.3, -0.25) is 4.79 Å². The lowest BCUT2D eigenvalue weighted by Crippen LogP contribution is -1.98. The lowest BCUT2D eigenvalue weighted by molar-refractivity contribution is 0.0984. The summed E-state index contributed by atoms with van der Waals surface area (Å²) in [5, 5.41) is 17.6. The molecule has 1 rings (SSSR count). The van der Waals surface area contributed by atoms with Gasteiger partial charge in [0.25, 0.3) is 0 Å². The summed E-state index contributed by atoms with van der Waals surface area (Å²) in [6.07, 6.45) is 0.472. The molecule has 1 aromatic rings. The molecule has 0 aromatic heterocycles. The number of nitriles is 1. The van der Waals surface area contributed by atoms with Crippen molar-refractivity contribution in [2.75, 3.05) is 0 Å². The van der Waals surface area contributed by atoms with Crippen LogP contribution in [0.3, 0.4) is 0 Å². The van der Waals surface area contributed by atoms with Crippen molar-refractivity contribution in [1.29, 1.82) is 5.26 Å². The number of aromatic hydroxyl groups is 1. The number of aryl methyl sites for hydroxylation is 1. The van der Waals surface area contributed by atoms with E-state index in [1.165, 1.54) is 6.07 Å². The molecular formula is C11H11NO2. The van der Waals surface area contributed by atoms with Crippen molar-refractivity contribution >= 4 is 5.78 Å². The summed E-state index contributed by atoms with van der Waals surface area (Å²) >= 11 is 0. The van der Waals surface area contributed by atoms with Gasteiger partial charge in [-0.25, -0.2) is 0 Å². The van der Waals surface area contributed by atoms with Crippen LogP contribution >= 0.6 is 0 Å². The molecule has 0 spiro atoms. The van der Waals surface area contributed by atoms with E-state index in [1.54, 1.807) is 19.1 Å². The molecule has 0 atom stereocenters. The molecule has 0 saturated heterocycles. The number of phenols is 1. The number of ketones is 1. The number of nitrogens with zero attached hydrogens (tertiary/aromatic N) is 1. The Morgan fingerprint density at radius 3 is 2.86 bits per heavy atom. The van der Waals surface area contributed by atoms with Crippen LogP contribution in [0.4, 0.5) is 0 Å². The number of carbonyl (C=O) groups is 1. The summed E-state index contributed by atoms with van der Waals surface area (Å²) in [5.41, 5.74) is 1.23. The Balaban J connectivity index is 2.82. The minimum Gasteiger partial charge on any atom is -0.508 e. The predicted octanol–water partition coefficient (Wildman–Crippen LogP) is 2.19.